The van der Waals surface area contributed by atoms with Crippen molar-refractivity contribution in [2.45, 2.75) is 38.8 Å². The number of amides is 2. The molecule has 2 aromatic rings. The molecule has 160 valence electrons. The topological polar surface area (TPSA) is 70.5 Å². The van der Waals surface area contributed by atoms with E-state index in [-0.39, 0.29) is 23.3 Å². The van der Waals surface area contributed by atoms with Gasteiger partial charge >= 0.3 is 0 Å². The summed E-state index contributed by atoms with van der Waals surface area (Å²) in [6.07, 6.45) is 4.48. The SMILES string of the molecule is O=C(NCCN1CCCCC1)c1cc2n(n1)CCCN(Cc1ccc(F)cc1)C2=O. The van der Waals surface area contributed by atoms with Gasteiger partial charge in [-0.2, -0.15) is 5.10 Å². The molecule has 4 rings (SSSR count). The van der Waals surface area contributed by atoms with E-state index in [1.54, 1.807) is 27.8 Å². The molecule has 30 heavy (non-hydrogen) atoms. The summed E-state index contributed by atoms with van der Waals surface area (Å²) in [5, 5.41) is 7.30. The lowest BCUT2D eigenvalue weighted by Gasteiger charge is -2.26. The van der Waals surface area contributed by atoms with Crippen molar-refractivity contribution in [3.63, 3.8) is 0 Å². The van der Waals surface area contributed by atoms with Crippen LogP contribution >= 0.6 is 0 Å². The first-order valence-corrected chi connectivity index (χ1v) is 10.7. The lowest BCUT2D eigenvalue weighted by Crippen LogP contribution is -2.37. The van der Waals surface area contributed by atoms with Crippen molar-refractivity contribution >= 4 is 11.8 Å². The van der Waals surface area contributed by atoms with Crippen molar-refractivity contribution in [2.75, 3.05) is 32.7 Å². The normalized spacial score (nSPS) is 17.5. The van der Waals surface area contributed by atoms with Gasteiger partial charge in [0.2, 0.25) is 0 Å². The van der Waals surface area contributed by atoms with Crippen LogP contribution in [0.15, 0.2) is 30.3 Å². The minimum atomic E-state index is -0.296. The molecule has 1 fully saturated rings. The highest BCUT2D eigenvalue weighted by Gasteiger charge is 2.26. The summed E-state index contributed by atoms with van der Waals surface area (Å²) >= 11 is 0. The summed E-state index contributed by atoms with van der Waals surface area (Å²) in [6, 6.07) is 7.75. The highest BCUT2D eigenvalue weighted by molar-refractivity contribution is 5.98. The standard InChI is InChI=1S/C22H28FN5O2/c23-18-7-5-17(6-8-18)16-27-12-4-13-28-20(22(27)30)15-19(25-28)21(29)24-9-14-26-10-2-1-3-11-26/h5-8,15H,1-4,9-14,16H2,(H,24,29). The van der Waals surface area contributed by atoms with E-state index in [9.17, 15) is 14.0 Å². The van der Waals surface area contributed by atoms with Crippen LogP contribution < -0.4 is 5.32 Å². The van der Waals surface area contributed by atoms with E-state index in [4.69, 9.17) is 0 Å². The molecule has 2 aliphatic heterocycles. The van der Waals surface area contributed by atoms with Gasteiger partial charge in [0.15, 0.2) is 5.69 Å². The second kappa shape index (κ2) is 9.38. The van der Waals surface area contributed by atoms with E-state index in [0.717, 1.165) is 31.6 Å². The molecular formula is C22H28FN5O2. The number of aryl methyl sites for hydroxylation is 1. The van der Waals surface area contributed by atoms with Gasteiger partial charge in [-0.3, -0.25) is 14.3 Å². The number of nitrogens with zero attached hydrogens (tertiary/aromatic N) is 4. The molecule has 2 aliphatic rings. The number of hydrogen-bond donors (Lipinski definition) is 1. The molecule has 0 unspecified atom stereocenters. The van der Waals surface area contributed by atoms with Crippen LogP contribution in [0.1, 0.15) is 52.2 Å². The van der Waals surface area contributed by atoms with E-state index >= 15 is 0 Å². The van der Waals surface area contributed by atoms with Crippen LogP contribution in [0.2, 0.25) is 0 Å². The quantitative estimate of drug-likeness (QED) is 0.789. The highest BCUT2D eigenvalue weighted by Crippen LogP contribution is 2.17. The number of hydrogen-bond acceptors (Lipinski definition) is 4. The van der Waals surface area contributed by atoms with Crippen molar-refractivity contribution in [3.05, 3.63) is 53.1 Å². The Labute approximate surface area is 175 Å². The Morgan fingerprint density at radius 2 is 1.80 bits per heavy atom. The van der Waals surface area contributed by atoms with E-state index in [1.165, 1.54) is 31.4 Å². The minimum Gasteiger partial charge on any atom is -0.349 e. The van der Waals surface area contributed by atoms with Crippen molar-refractivity contribution in [1.82, 2.24) is 24.9 Å². The molecule has 1 saturated heterocycles. The average Bonchev–Trinajstić information content (AvgIpc) is 3.13. The Hall–Kier alpha value is -2.74. The minimum absolute atomic E-state index is 0.156. The molecule has 7 nitrogen and oxygen atoms in total. The van der Waals surface area contributed by atoms with Gasteiger partial charge in [0.05, 0.1) is 0 Å². The number of piperidine rings is 1. The zero-order valence-corrected chi connectivity index (χ0v) is 17.1. The molecule has 0 bridgehead atoms. The van der Waals surface area contributed by atoms with Crippen LogP contribution in [0.4, 0.5) is 4.39 Å². The first-order chi connectivity index (χ1) is 14.6. The predicted molar refractivity (Wildman–Crippen MR) is 111 cm³/mol. The smallest absolute Gasteiger partial charge is 0.272 e. The molecule has 2 amide bonds. The number of carbonyl (C=O) groups excluding carboxylic acids is 2. The van der Waals surface area contributed by atoms with Crippen molar-refractivity contribution < 1.29 is 14.0 Å². The molecule has 0 radical (unpaired) electrons. The largest absolute Gasteiger partial charge is 0.349 e. The van der Waals surface area contributed by atoms with Gasteiger partial charge in [0, 0.05) is 38.8 Å². The van der Waals surface area contributed by atoms with Gasteiger partial charge in [-0.25, -0.2) is 4.39 Å². The van der Waals surface area contributed by atoms with Crippen LogP contribution in [0, 0.1) is 5.82 Å². The molecule has 0 saturated carbocycles. The maximum atomic E-state index is 13.1. The predicted octanol–water partition coefficient (Wildman–Crippen LogP) is 2.28. The van der Waals surface area contributed by atoms with Gasteiger partial charge in [0.25, 0.3) is 11.8 Å². The molecule has 0 spiro atoms. The molecule has 8 heteroatoms. The average molecular weight is 413 g/mol. The van der Waals surface area contributed by atoms with E-state index in [0.29, 0.717) is 31.9 Å². The lowest BCUT2D eigenvalue weighted by molar-refractivity contribution is 0.0745. The van der Waals surface area contributed by atoms with Crippen molar-refractivity contribution in [1.29, 1.82) is 0 Å². The zero-order valence-electron chi connectivity index (χ0n) is 17.1. The summed E-state index contributed by atoms with van der Waals surface area (Å²) in [6.45, 7) is 5.18. The summed E-state index contributed by atoms with van der Waals surface area (Å²) in [4.78, 5) is 29.6. The third kappa shape index (κ3) is 4.87. The molecule has 1 aromatic heterocycles. The Morgan fingerprint density at radius 1 is 1.03 bits per heavy atom. The number of rotatable bonds is 6. The Bertz CT molecular complexity index is 889. The molecule has 0 atom stereocenters. The maximum absolute atomic E-state index is 13.1. The molecule has 1 aromatic carbocycles. The van der Waals surface area contributed by atoms with Crippen LogP contribution in [0.5, 0.6) is 0 Å². The number of benzene rings is 1. The first-order valence-electron chi connectivity index (χ1n) is 10.7. The maximum Gasteiger partial charge on any atom is 0.272 e. The zero-order chi connectivity index (χ0) is 20.9. The van der Waals surface area contributed by atoms with Crippen LogP contribution in [0.3, 0.4) is 0 Å². The van der Waals surface area contributed by atoms with Gasteiger partial charge in [-0.05, 0) is 50.0 Å². The Balaban J connectivity index is 1.38. The molecule has 3 heterocycles. The van der Waals surface area contributed by atoms with E-state index in [2.05, 4.69) is 15.3 Å². The van der Waals surface area contributed by atoms with Crippen LogP contribution in [-0.4, -0.2) is 64.1 Å². The van der Waals surface area contributed by atoms with Gasteiger partial charge in [0.1, 0.15) is 11.5 Å². The Morgan fingerprint density at radius 3 is 2.57 bits per heavy atom. The summed E-state index contributed by atoms with van der Waals surface area (Å²) in [5.74, 6) is -0.697. The third-order valence-corrected chi connectivity index (χ3v) is 5.77. The highest BCUT2D eigenvalue weighted by atomic mass is 19.1. The summed E-state index contributed by atoms with van der Waals surface area (Å²) < 4.78 is 14.8. The molecular weight excluding hydrogens is 385 g/mol. The summed E-state index contributed by atoms with van der Waals surface area (Å²) in [7, 11) is 0. The van der Waals surface area contributed by atoms with Crippen LogP contribution in [-0.2, 0) is 13.1 Å². The fourth-order valence-corrected chi connectivity index (χ4v) is 4.11. The molecule has 1 N–H and O–H groups in total. The number of likely N-dealkylation sites (tertiary alicyclic amines) is 1. The molecule has 0 aliphatic carbocycles. The number of fused-ring (bicyclic) bond motifs is 1. The van der Waals surface area contributed by atoms with Crippen molar-refractivity contribution in [2.24, 2.45) is 0 Å². The Kier molecular flexibility index (Phi) is 6.42. The summed E-state index contributed by atoms with van der Waals surface area (Å²) in [5.41, 5.74) is 1.57. The monoisotopic (exact) mass is 413 g/mol. The second-order valence-electron chi connectivity index (χ2n) is 8.00. The number of halogens is 1. The number of carbonyl (C=O) groups is 2. The van der Waals surface area contributed by atoms with E-state index < -0.39 is 0 Å². The van der Waals surface area contributed by atoms with Gasteiger partial charge < -0.3 is 15.1 Å². The van der Waals surface area contributed by atoms with Crippen LogP contribution in [0.25, 0.3) is 0 Å². The van der Waals surface area contributed by atoms with E-state index in [1.807, 2.05) is 0 Å². The fraction of sp³-hybridized carbons (Fsp3) is 0.500. The third-order valence-electron chi connectivity index (χ3n) is 5.77. The fourth-order valence-electron chi connectivity index (χ4n) is 4.11. The first kappa shape index (κ1) is 20.5. The number of nitrogens with one attached hydrogen (secondary N) is 1. The van der Waals surface area contributed by atoms with Gasteiger partial charge in [-0.15, -0.1) is 0 Å². The van der Waals surface area contributed by atoms with Gasteiger partial charge in [-0.1, -0.05) is 18.6 Å². The van der Waals surface area contributed by atoms with Crippen molar-refractivity contribution in [3.8, 4) is 0 Å². The second-order valence-corrected chi connectivity index (χ2v) is 8.00. The lowest BCUT2D eigenvalue weighted by atomic mass is 10.1. The number of aromatic nitrogens is 2.